The molecule has 0 fully saturated rings. The first-order valence-electron chi connectivity index (χ1n) is 6.22. The molecule has 2 heterocycles. The molecule has 2 aromatic heterocycles. The van der Waals surface area contributed by atoms with Gasteiger partial charge in [0, 0.05) is 4.88 Å². The van der Waals surface area contributed by atoms with Crippen LogP contribution < -0.4 is 4.74 Å². The predicted octanol–water partition coefficient (Wildman–Crippen LogP) is 4.55. The van der Waals surface area contributed by atoms with Gasteiger partial charge >= 0.3 is 0 Å². The minimum absolute atomic E-state index is 0.288. The van der Waals surface area contributed by atoms with E-state index >= 15 is 0 Å². The molecule has 1 aromatic carbocycles. The lowest BCUT2D eigenvalue weighted by Crippen LogP contribution is -1.94. The minimum Gasteiger partial charge on any atom is -0.438 e. The zero-order valence-electron chi connectivity index (χ0n) is 11.4. The lowest BCUT2D eigenvalue weighted by Gasteiger charge is -2.07. The Kier molecular flexibility index (Phi) is 3.14. The fourth-order valence-corrected chi connectivity index (χ4v) is 3.07. The van der Waals surface area contributed by atoms with Crippen LogP contribution in [0.25, 0.3) is 10.2 Å². The highest BCUT2D eigenvalue weighted by atomic mass is 32.1. The van der Waals surface area contributed by atoms with E-state index in [0.717, 1.165) is 15.8 Å². The number of aromatic nitrogens is 2. The average molecular weight is 288 g/mol. The monoisotopic (exact) mass is 288 g/mol. The molecule has 0 aliphatic rings. The van der Waals surface area contributed by atoms with Crippen LogP contribution in [0, 0.1) is 26.6 Å². The standard InChI is InChI=1S/C15H13FN2OS/c1-8-9(2)20-15-13(8)14(17-10(3)18-15)19-12-6-4-11(16)5-7-12/h4-7H,1-3H3. The molecule has 0 atom stereocenters. The van der Waals surface area contributed by atoms with Gasteiger partial charge in [-0.25, -0.2) is 9.37 Å². The smallest absolute Gasteiger partial charge is 0.231 e. The van der Waals surface area contributed by atoms with Crippen molar-refractivity contribution in [3.05, 3.63) is 46.3 Å². The summed E-state index contributed by atoms with van der Waals surface area (Å²) in [5, 5.41) is 0.933. The molecule has 20 heavy (non-hydrogen) atoms. The molecule has 5 heteroatoms. The quantitative estimate of drug-likeness (QED) is 0.694. The maximum atomic E-state index is 12.9. The summed E-state index contributed by atoms with van der Waals surface area (Å²) >= 11 is 1.63. The van der Waals surface area contributed by atoms with E-state index in [2.05, 4.69) is 16.9 Å². The van der Waals surface area contributed by atoms with Crippen molar-refractivity contribution in [2.45, 2.75) is 20.8 Å². The van der Waals surface area contributed by atoms with Crippen molar-refractivity contribution in [2.75, 3.05) is 0 Å². The molecular weight excluding hydrogens is 275 g/mol. The molecule has 0 saturated heterocycles. The highest BCUT2D eigenvalue weighted by Crippen LogP contribution is 2.36. The van der Waals surface area contributed by atoms with Crippen molar-refractivity contribution >= 4 is 21.6 Å². The van der Waals surface area contributed by atoms with Crippen LogP contribution in [0.1, 0.15) is 16.3 Å². The number of nitrogens with zero attached hydrogens (tertiary/aromatic N) is 2. The van der Waals surface area contributed by atoms with E-state index in [4.69, 9.17) is 4.74 Å². The number of hydrogen-bond acceptors (Lipinski definition) is 4. The van der Waals surface area contributed by atoms with Crippen LogP contribution in [0.5, 0.6) is 11.6 Å². The van der Waals surface area contributed by atoms with Gasteiger partial charge in [-0.2, -0.15) is 4.98 Å². The summed E-state index contributed by atoms with van der Waals surface area (Å²) < 4.78 is 18.7. The lowest BCUT2D eigenvalue weighted by atomic mass is 10.2. The van der Waals surface area contributed by atoms with Gasteiger partial charge in [0.2, 0.25) is 5.88 Å². The van der Waals surface area contributed by atoms with Gasteiger partial charge < -0.3 is 4.74 Å². The molecule has 102 valence electrons. The Balaban J connectivity index is 2.12. The molecule has 3 nitrogen and oxygen atoms in total. The molecule has 0 saturated carbocycles. The van der Waals surface area contributed by atoms with Crippen molar-refractivity contribution in [3.63, 3.8) is 0 Å². The summed E-state index contributed by atoms with van der Waals surface area (Å²) in [4.78, 5) is 10.9. The zero-order valence-corrected chi connectivity index (χ0v) is 12.2. The van der Waals surface area contributed by atoms with E-state index in [-0.39, 0.29) is 5.82 Å². The van der Waals surface area contributed by atoms with Crippen LogP contribution in [0.15, 0.2) is 24.3 Å². The summed E-state index contributed by atoms with van der Waals surface area (Å²) in [6, 6.07) is 5.92. The number of benzene rings is 1. The molecule has 0 unspecified atom stereocenters. The normalized spacial score (nSPS) is 11.0. The summed E-state index contributed by atoms with van der Waals surface area (Å²) in [6.07, 6.45) is 0. The summed E-state index contributed by atoms with van der Waals surface area (Å²) in [5.74, 6) is 1.47. The van der Waals surface area contributed by atoms with E-state index in [1.165, 1.54) is 17.0 Å². The molecule has 0 amide bonds. The summed E-state index contributed by atoms with van der Waals surface area (Å²) in [6.45, 7) is 5.92. The van der Waals surface area contributed by atoms with E-state index in [0.29, 0.717) is 17.5 Å². The highest BCUT2D eigenvalue weighted by Gasteiger charge is 2.15. The molecule has 3 rings (SSSR count). The van der Waals surface area contributed by atoms with Gasteiger partial charge in [-0.15, -0.1) is 11.3 Å². The first-order valence-corrected chi connectivity index (χ1v) is 7.04. The van der Waals surface area contributed by atoms with Gasteiger partial charge in [-0.3, -0.25) is 0 Å². The van der Waals surface area contributed by atoms with Crippen molar-refractivity contribution in [2.24, 2.45) is 0 Å². The van der Waals surface area contributed by atoms with Crippen LogP contribution in [0.3, 0.4) is 0 Å². The Hall–Kier alpha value is -2.01. The van der Waals surface area contributed by atoms with Crippen LogP contribution in [-0.4, -0.2) is 9.97 Å². The van der Waals surface area contributed by atoms with Crippen molar-refractivity contribution in [3.8, 4) is 11.6 Å². The Morgan fingerprint density at radius 1 is 1.05 bits per heavy atom. The van der Waals surface area contributed by atoms with Gasteiger partial charge in [0.25, 0.3) is 0 Å². The van der Waals surface area contributed by atoms with Crippen LogP contribution in [0.2, 0.25) is 0 Å². The predicted molar refractivity (Wildman–Crippen MR) is 78.1 cm³/mol. The van der Waals surface area contributed by atoms with E-state index < -0.39 is 0 Å². The molecule has 3 aromatic rings. The molecule has 0 aliphatic heterocycles. The zero-order chi connectivity index (χ0) is 14.3. The van der Waals surface area contributed by atoms with Crippen LogP contribution >= 0.6 is 11.3 Å². The number of ether oxygens (including phenoxy) is 1. The number of halogens is 1. The van der Waals surface area contributed by atoms with Gasteiger partial charge in [-0.1, -0.05) is 0 Å². The third-order valence-electron chi connectivity index (χ3n) is 3.14. The molecule has 0 aliphatic carbocycles. The second-order valence-electron chi connectivity index (χ2n) is 4.60. The topological polar surface area (TPSA) is 35.0 Å². The fraction of sp³-hybridized carbons (Fsp3) is 0.200. The van der Waals surface area contributed by atoms with Crippen LogP contribution in [-0.2, 0) is 0 Å². The minimum atomic E-state index is -0.288. The van der Waals surface area contributed by atoms with Gasteiger partial charge in [0.05, 0.1) is 5.39 Å². The molecule has 0 radical (unpaired) electrons. The molecular formula is C15H13FN2OS. The number of thiophene rings is 1. The van der Waals surface area contributed by atoms with Gasteiger partial charge in [0.1, 0.15) is 22.2 Å². The first-order chi connectivity index (χ1) is 9.54. The highest BCUT2D eigenvalue weighted by molar-refractivity contribution is 7.18. The third kappa shape index (κ3) is 2.25. The number of aryl methyl sites for hydroxylation is 3. The number of fused-ring (bicyclic) bond motifs is 1. The third-order valence-corrected chi connectivity index (χ3v) is 4.24. The molecule has 0 N–H and O–H groups in total. The van der Waals surface area contributed by atoms with E-state index in [1.807, 2.05) is 13.8 Å². The number of hydrogen-bond donors (Lipinski definition) is 0. The Labute approximate surface area is 120 Å². The molecule has 0 bridgehead atoms. The van der Waals surface area contributed by atoms with Gasteiger partial charge in [-0.05, 0) is 50.6 Å². The largest absolute Gasteiger partial charge is 0.438 e. The van der Waals surface area contributed by atoms with Crippen molar-refractivity contribution in [1.82, 2.24) is 9.97 Å². The Bertz CT molecular complexity index is 781. The second-order valence-corrected chi connectivity index (χ2v) is 5.80. The van der Waals surface area contributed by atoms with Gasteiger partial charge in [0.15, 0.2) is 0 Å². The summed E-state index contributed by atoms with van der Waals surface area (Å²) in [7, 11) is 0. The summed E-state index contributed by atoms with van der Waals surface area (Å²) in [5.41, 5.74) is 1.13. The van der Waals surface area contributed by atoms with Crippen molar-refractivity contribution < 1.29 is 9.13 Å². The maximum Gasteiger partial charge on any atom is 0.231 e. The second kappa shape index (κ2) is 4.83. The SMILES string of the molecule is Cc1nc(Oc2ccc(F)cc2)c2c(C)c(C)sc2n1. The fourth-order valence-electron chi connectivity index (χ4n) is 2.00. The average Bonchev–Trinajstić information content (AvgIpc) is 2.67. The lowest BCUT2D eigenvalue weighted by molar-refractivity contribution is 0.465. The Morgan fingerprint density at radius 3 is 2.45 bits per heavy atom. The first kappa shape index (κ1) is 13.0. The van der Waals surface area contributed by atoms with Crippen LogP contribution in [0.4, 0.5) is 4.39 Å². The van der Waals surface area contributed by atoms with E-state index in [1.54, 1.807) is 23.5 Å². The number of rotatable bonds is 2. The maximum absolute atomic E-state index is 12.9. The molecule has 0 spiro atoms. The van der Waals surface area contributed by atoms with Crippen molar-refractivity contribution in [1.29, 1.82) is 0 Å². The Morgan fingerprint density at radius 2 is 1.75 bits per heavy atom. The van der Waals surface area contributed by atoms with E-state index in [9.17, 15) is 4.39 Å².